The van der Waals surface area contributed by atoms with Crippen LogP contribution in [0.5, 0.6) is 0 Å². The van der Waals surface area contributed by atoms with Gasteiger partial charge >= 0.3 is 0 Å². The molecule has 6 N–H and O–H groups in total. The molecule has 5 aliphatic rings. The van der Waals surface area contributed by atoms with E-state index in [9.17, 15) is 33.9 Å². The number of furan rings is 4. The zero-order valence-corrected chi connectivity index (χ0v) is 64.2. The molecular weight excluding hydrogens is 1480 g/mol. The van der Waals surface area contributed by atoms with Crippen molar-refractivity contribution in [1.82, 2.24) is 59.3 Å². The van der Waals surface area contributed by atoms with Gasteiger partial charge in [0.05, 0.1) is 48.3 Å². The Morgan fingerprint density at radius 2 is 1.02 bits per heavy atom. The number of Topliss-reactive ketones (excluding diaryl/α,β-unsaturated/α-hetero) is 3. The number of nitrogen functional groups attached to an aromatic ring is 1. The van der Waals surface area contributed by atoms with Crippen molar-refractivity contribution in [3.05, 3.63) is 160 Å². The number of nitrogens with one attached hydrogen (secondary N) is 3. The maximum absolute atomic E-state index is 13.1. The van der Waals surface area contributed by atoms with Crippen molar-refractivity contribution in [3.8, 4) is 45.9 Å². The maximum atomic E-state index is 13.1. The number of rotatable bonds is 21. The average Bonchev–Trinajstić information content (AvgIpc) is 1.67. The van der Waals surface area contributed by atoms with Gasteiger partial charge in [0.1, 0.15) is 43.4 Å². The summed E-state index contributed by atoms with van der Waals surface area (Å²) < 4.78 is 39.4. The van der Waals surface area contributed by atoms with Crippen LogP contribution in [0.3, 0.4) is 0 Å². The van der Waals surface area contributed by atoms with Gasteiger partial charge in [-0.25, -0.2) is 29.9 Å². The molecule has 0 spiro atoms. The van der Waals surface area contributed by atoms with Gasteiger partial charge in [-0.05, 0) is 140 Å². The number of hydrogen-bond donors (Lipinski definition) is 5. The summed E-state index contributed by atoms with van der Waals surface area (Å²) in [5.74, 6) is 3.25. The van der Waals surface area contributed by atoms with Crippen molar-refractivity contribution in [1.29, 1.82) is 0 Å². The molecule has 5 aliphatic heterocycles. The smallest absolute Gasteiger partial charge is 0.260 e. The summed E-state index contributed by atoms with van der Waals surface area (Å²) in [7, 11) is 0. The molecule has 31 nitrogen and oxygen atoms in total. The second-order valence-corrected chi connectivity index (χ2v) is 30.5. The summed E-state index contributed by atoms with van der Waals surface area (Å²) in [6.45, 7) is 17.2. The number of aromatic nitrogens is 10. The summed E-state index contributed by atoms with van der Waals surface area (Å²) in [5.41, 5.74) is 9.11. The van der Waals surface area contributed by atoms with E-state index in [1.807, 2.05) is 32.9 Å². The van der Waals surface area contributed by atoms with Gasteiger partial charge in [-0.15, -0.1) is 5.10 Å². The van der Waals surface area contributed by atoms with E-state index < -0.39 is 5.60 Å². The number of fused-ring (bicyclic) bond motifs is 1. The number of amides is 3. The molecule has 0 aliphatic carbocycles. The molecule has 16 heterocycles. The van der Waals surface area contributed by atoms with Crippen molar-refractivity contribution in [2.24, 2.45) is 17.8 Å². The first-order valence-corrected chi connectivity index (χ1v) is 39.1. The Morgan fingerprint density at radius 3 is 1.46 bits per heavy atom. The minimum Gasteiger partial charge on any atom is -0.463 e. The van der Waals surface area contributed by atoms with Crippen molar-refractivity contribution < 1.29 is 65.8 Å². The second-order valence-electron chi connectivity index (χ2n) is 27.5. The van der Waals surface area contributed by atoms with Crippen LogP contribution in [0.1, 0.15) is 126 Å². The van der Waals surface area contributed by atoms with Crippen LogP contribution in [-0.4, -0.2) is 197 Å². The van der Waals surface area contributed by atoms with Gasteiger partial charge in [-0.3, -0.25) is 54.2 Å². The maximum Gasteiger partial charge on any atom is 0.260 e. The summed E-state index contributed by atoms with van der Waals surface area (Å²) in [5, 5.41) is 23.7. The molecule has 34 heteroatoms. The molecule has 0 saturated carbocycles. The van der Waals surface area contributed by atoms with Crippen molar-refractivity contribution in [2.75, 3.05) is 119 Å². The Balaban J connectivity index is 0.000000130. The van der Waals surface area contributed by atoms with E-state index in [2.05, 4.69) is 87.8 Å². The van der Waals surface area contributed by atoms with Crippen LogP contribution >= 0.6 is 34.0 Å². The number of carbonyl (C=O) groups excluding carboxylic acids is 6. The Kier molecular flexibility index (Phi) is 26.1. The number of aryl methyl sites for hydroxylation is 2. The summed E-state index contributed by atoms with van der Waals surface area (Å²) in [4.78, 5) is 119. The highest BCUT2D eigenvalue weighted by molar-refractivity contribution is 7.19. The molecule has 11 aromatic heterocycles. The van der Waals surface area contributed by atoms with E-state index >= 15 is 0 Å². The van der Waals surface area contributed by atoms with Gasteiger partial charge < -0.3 is 52.9 Å². The molecular formula is C77H85N17O14S3. The van der Waals surface area contributed by atoms with Crippen molar-refractivity contribution >= 4 is 102 Å². The zero-order valence-electron chi connectivity index (χ0n) is 61.7. The van der Waals surface area contributed by atoms with Crippen LogP contribution < -0.4 is 26.6 Å². The van der Waals surface area contributed by atoms with E-state index in [-0.39, 0.29) is 52.8 Å². The quantitative estimate of drug-likeness (QED) is 0.0329. The Bertz CT molecular complexity index is 4790. The number of piperazine rings is 1. The highest BCUT2D eigenvalue weighted by Gasteiger charge is 2.34. The molecule has 3 amide bonds. The average molecular weight is 1570 g/mol. The van der Waals surface area contributed by atoms with Gasteiger partial charge in [0, 0.05) is 134 Å². The van der Waals surface area contributed by atoms with Gasteiger partial charge in [0.25, 0.3) is 11.8 Å². The largest absolute Gasteiger partial charge is 0.463 e. The van der Waals surface area contributed by atoms with Gasteiger partial charge in [-0.2, -0.15) is 9.50 Å². The fourth-order valence-corrected chi connectivity index (χ4v) is 15.6. The third-order valence-corrected chi connectivity index (χ3v) is 21.8. The van der Waals surface area contributed by atoms with E-state index in [0.717, 1.165) is 81.5 Å². The first-order valence-electron chi connectivity index (χ1n) is 36.6. The monoisotopic (exact) mass is 1570 g/mol. The van der Waals surface area contributed by atoms with Crippen LogP contribution in [-0.2, 0) is 19.0 Å². The SMILES string of the molecule is CC(C)(O)CCN1CCN(c2cc3nc(-c4ccco4)nn3c(N)n2)CC1.Cc1ccc(C(=O)Nc2nc(-c3ccco3)c(C(=O)C3CCOCC3)s2)cn1.Cc1ncc(C(=O)Nc2nc(-c3ccco3)c(C(=O)C3CCOCC3)s2)cn1.O=C(CN1CC=CCC1)Nc1nc(-c2ccco2)c(C(=O)C2CCOCC2)s1. The lowest BCUT2D eigenvalue weighted by molar-refractivity contribution is -0.117. The lowest BCUT2D eigenvalue weighted by atomic mass is 9.94. The molecule has 0 bridgehead atoms. The normalized spacial score (nSPS) is 16.0. The summed E-state index contributed by atoms with van der Waals surface area (Å²) in [6, 6.07) is 19.5. The minimum atomic E-state index is -0.627. The molecule has 11 aromatic rings. The lowest BCUT2D eigenvalue weighted by Crippen LogP contribution is -2.47. The highest BCUT2D eigenvalue weighted by Crippen LogP contribution is 2.39. The Labute approximate surface area is 650 Å². The Hall–Kier alpha value is -10.7. The van der Waals surface area contributed by atoms with Crippen LogP contribution in [0.4, 0.5) is 27.2 Å². The molecule has 0 unspecified atom stereocenters. The molecule has 4 fully saturated rings. The molecule has 4 saturated heterocycles. The van der Waals surface area contributed by atoms with E-state index in [1.165, 1.54) is 58.3 Å². The first-order chi connectivity index (χ1) is 53.8. The van der Waals surface area contributed by atoms with Crippen LogP contribution in [0, 0.1) is 31.6 Å². The minimum absolute atomic E-state index is 0.00590. The van der Waals surface area contributed by atoms with Crippen LogP contribution in [0.25, 0.3) is 51.6 Å². The first kappa shape index (κ1) is 78.4. The number of hydrogen-bond acceptors (Lipinski definition) is 30. The summed E-state index contributed by atoms with van der Waals surface area (Å²) in [6.07, 6.45) is 20.7. The standard InChI is InChI=1S/C20H19N3O4S.C20H23N3O4S.C19H18N4O4S.C18H25N7O2/c1-12-4-5-14(11-21-12)19(25)23-20-22-16(15-3-2-8-27-15)18(28-20)17(24)13-6-9-26-10-7-13;24-16(13-23-8-2-1-3-9-23)21-20-22-17(15-5-4-10-27-15)19(28-20)18(25)14-6-11-26-12-7-14;1-11-20-9-13(10-21-11)18(25)23-19-22-15(14-3-2-6-27-14)17(28-19)16(24)12-4-7-26-8-5-12;1-18(2,26)5-6-23-7-9-24(10-8-23)14-12-15-20-16(13-4-3-11-27-13)22-25(15)17(19)21-14/h2-5,8,11,13H,6-7,9-10H2,1H3,(H,22,23,25);1-2,4-5,10,14H,3,6-9,11-13H2,(H,21,22,24);2-3,6,9-10,12H,4-5,7-8H2,1H3,(H,22,23,25);3-4,11-12,26H,5-10H2,1-2H3,(H2,19,21). The number of nitrogens with zero attached hydrogens (tertiary/aromatic N) is 13. The molecule has 16 rings (SSSR count). The lowest BCUT2D eigenvalue weighted by Gasteiger charge is -2.36. The number of pyridine rings is 1. The van der Waals surface area contributed by atoms with Gasteiger partial charge in [0.15, 0.2) is 61.4 Å². The highest BCUT2D eigenvalue weighted by atomic mass is 32.1. The number of anilines is 5. The fraction of sp³-hybridized carbons (Fsp3) is 0.390. The number of aliphatic hydroxyl groups is 1. The van der Waals surface area contributed by atoms with Crippen molar-refractivity contribution in [3.63, 3.8) is 0 Å². The summed E-state index contributed by atoms with van der Waals surface area (Å²) >= 11 is 3.55. The second kappa shape index (κ2) is 36.9. The third-order valence-electron chi connectivity index (χ3n) is 18.8. The number of thiazole rings is 3. The van der Waals surface area contributed by atoms with Crippen LogP contribution in [0.2, 0.25) is 0 Å². The number of ether oxygens (including phenoxy) is 3. The third kappa shape index (κ3) is 20.7. The number of nitrogens with two attached hydrogens (primary N) is 1. The van der Waals surface area contributed by atoms with Gasteiger partial charge in [-0.1, -0.05) is 46.2 Å². The fourth-order valence-electron chi connectivity index (χ4n) is 12.6. The molecule has 0 aromatic carbocycles. The van der Waals surface area contributed by atoms with Crippen molar-refractivity contribution in [2.45, 2.75) is 84.7 Å². The van der Waals surface area contributed by atoms with E-state index in [4.69, 9.17) is 37.6 Å². The zero-order chi connectivity index (χ0) is 77.4. The van der Waals surface area contributed by atoms with Gasteiger partial charge in [0.2, 0.25) is 17.7 Å². The predicted molar refractivity (Wildman–Crippen MR) is 416 cm³/mol. The molecule has 111 heavy (non-hydrogen) atoms. The number of ketones is 3. The topological polar surface area (TPSA) is 395 Å². The van der Waals surface area contributed by atoms with E-state index in [1.54, 1.807) is 74.0 Å². The van der Waals surface area contributed by atoms with Crippen LogP contribution in [0.15, 0.2) is 140 Å². The number of carbonyl (C=O) groups is 6. The molecule has 0 atom stereocenters. The predicted octanol–water partition coefficient (Wildman–Crippen LogP) is 11.8. The molecule has 0 radical (unpaired) electrons. The Morgan fingerprint density at radius 1 is 0.550 bits per heavy atom. The van der Waals surface area contributed by atoms with E-state index in [0.29, 0.717) is 189 Å². The molecule has 580 valence electrons.